The van der Waals surface area contributed by atoms with Crippen LogP contribution in [-0.4, -0.2) is 30.6 Å². The van der Waals surface area contributed by atoms with Gasteiger partial charge in [-0.1, -0.05) is 6.92 Å². The summed E-state index contributed by atoms with van der Waals surface area (Å²) in [6.45, 7) is 3.97. The van der Waals surface area contributed by atoms with Crippen molar-refractivity contribution in [3.8, 4) is 0 Å². The summed E-state index contributed by atoms with van der Waals surface area (Å²) in [5.74, 6) is 0.893. The minimum atomic E-state index is 0.800. The molecule has 0 saturated heterocycles. The third kappa shape index (κ3) is 3.30. The van der Waals surface area contributed by atoms with Gasteiger partial charge >= 0.3 is 0 Å². The maximum atomic E-state index is 4.31. The Morgan fingerprint density at radius 2 is 2.07 bits per heavy atom. The maximum Gasteiger partial charge on any atom is 0.146 e. The average Bonchev–Trinajstić information content (AvgIpc) is 2.19. The second kappa shape index (κ2) is 5.54. The van der Waals surface area contributed by atoms with Crippen molar-refractivity contribution < 1.29 is 0 Å². The van der Waals surface area contributed by atoms with Gasteiger partial charge in [-0.2, -0.15) is 0 Å². The van der Waals surface area contributed by atoms with Gasteiger partial charge in [0.25, 0.3) is 0 Å². The average molecular weight is 194 g/mol. The molecule has 0 aliphatic heterocycles. The quantitative estimate of drug-likeness (QED) is 0.711. The Kier molecular flexibility index (Phi) is 4.32. The Hall–Kier alpha value is -1.16. The van der Waals surface area contributed by atoms with Gasteiger partial charge in [0.2, 0.25) is 0 Å². The predicted octanol–water partition coefficient (Wildman–Crippen LogP) is 1.04. The summed E-state index contributed by atoms with van der Waals surface area (Å²) < 4.78 is 0. The van der Waals surface area contributed by atoms with Crippen molar-refractivity contribution in [3.63, 3.8) is 0 Å². The van der Waals surface area contributed by atoms with E-state index in [-0.39, 0.29) is 0 Å². The molecule has 0 bridgehead atoms. The van der Waals surface area contributed by atoms with Crippen LogP contribution in [0.1, 0.15) is 19.0 Å². The van der Waals surface area contributed by atoms with E-state index >= 15 is 0 Å². The molecule has 4 heteroatoms. The van der Waals surface area contributed by atoms with Gasteiger partial charge in [-0.25, -0.2) is 4.98 Å². The van der Waals surface area contributed by atoms with Crippen LogP contribution in [0.25, 0.3) is 0 Å². The minimum Gasteiger partial charge on any atom is -0.361 e. The van der Waals surface area contributed by atoms with Crippen LogP contribution < -0.4 is 10.2 Å². The van der Waals surface area contributed by atoms with Crippen molar-refractivity contribution in [2.75, 3.05) is 25.5 Å². The number of nitrogens with zero attached hydrogens (tertiary/aromatic N) is 3. The lowest BCUT2D eigenvalue weighted by atomic mass is 10.4. The molecule has 0 amide bonds. The largest absolute Gasteiger partial charge is 0.361 e. The number of hydrogen-bond acceptors (Lipinski definition) is 4. The van der Waals surface area contributed by atoms with Crippen LogP contribution in [0.4, 0.5) is 5.82 Å². The molecule has 1 rings (SSSR count). The Morgan fingerprint density at radius 1 is 1.29 bits per heavy atom. The second-order valence-corrected chi connectivity index (χ2v) is 3.44. The van der Waals surface area contributed by atoms with Crippen LogP contribution in [0.15, 0.2) is 12.4 Å². The zero-order valence-electron chi connectivity index (χ0n) is 9.12. The van der Waals surface area contributed by atoms with E-state index in [1.165, 1.54) is 0 Å². The molecule has 0 radical (unpaired) electrons. The van der Waals surface area contributed by atoms with E-state index in [0.29, 0.717) is 0 Å². The van der Waals surface area contributed by atoms with E-state index in [1.54, 1.807) is 6.20 Å². The molecule has 1 heterocycles. The summed E-state index contributed by atoms with van der Waals surface area (Å²) in [7, 11) is 3.91. The van der Waals surface area contributed by atoms with E-state index in [1.807, 2.05) is 25.2 Å². The van der Waals surface area contributed by atoms with Crippen molar-refractivity contribution in [2.24, 2.45) is 0 Å². The predicted molar refractivity (Wildman–Crippen MR) is 58.4 cm³/mol. The first-order chi connectivity index (χ1) is 6.74. The van der Waals surface area contributed by atoms with Crippen LogP contribution >= 0.6 is 0 Å². The Balaban J connectivity index is 2.47. The topological polar surface area (TPSA) is 41.1 Å². The highest BCUT2D eigenvalue weighted by Crippen LogP contribution is 2.03. The number of nitrogens with one attached hydrogen (secondary N) is 1. The number of hydrogen-bond donors (Lipinski definition) is 1. The fraction of sp³-hybridized carbons (Fsp3) is 0.600. The van der Waals surface area contributed by atoms with Crippen molar-refractivity contribution in [3.05, 3.63) is 18.1 Å². The van der Waals surface area contributed by atoms with Crippen LogP contribution in [0.2, 0.25) is 0 Å². The molecular formula is C10H18N4. The molecule has 14 heavy (non-hydrogen) atoms. The monoisotopic (exact) mass is 194 g/mol. The molecule has 0 unspecified atom stereocenters. The standard InChI is InChI=1S/C10H18N4/c1-4-5-11-6-9-7-13-10(8-12-9)14(2)3/h7-8,11H,4-6H2,1-3H3. The van der Waals surface area contributed by atoms with Crippen molar-refractivity contribution >= 4 is 5.82 Å². The van der Waals surface area contributed by atoms with E-state index in [9.17, 15) is 0 Å². The number of aromatic nitrogens is 2. The highest BCUT2D eigenvalue weighted by atomic mass is 15.1. The Bertz CT molecular complexity index is 255. The third-order valence-electron chi connectivity index (χ3n) is 1.88. The van der Waals surface area contributed by atoms with Gasteiger partial charge in [0.05, 0.1) is 18.1 Å². The Labute approximate surface area is 85.4 Å². The van der Waals surface area contributed by atoms with Crippen LogP contribution in [0.3, 0.4) is 0 Å². The normalized spacial score (nSPS) is 10.2. The second-order valence-electron chi connectivity index (χ2n) is 3.44. The summed E-state index contributed by atoms with van der Waals surface area (Å²) in [6, 6.07) is 0. The summed E-state index contributed by atoms with van der Waals surface area (Å²) in [5, 5.41) is 3.28. The van der Waals surface area contributed by atoms with Crippen molar-refractivity contribution in [2.45, 2.75) is 19.9 Å². The van der Waals surface area contributed by atoms with E-state index in [4.69, 9.17) is 0 Å². The highest BCUT2D eigenvalue weighted by molar-refractivity contribution is 5.32. The van der Waals surface area contributed by atoms with Gasteiger partial charge in [-0.15, -0.1) is 0 Å². The van der Waals surface area contributed by atoms with E-state index < -0.39 is 0 Å². The first-order valence-electron chi connectivity index (χ1n) is 4.93. The molecule has 1 aromatic rings. The summed E-state index contributed by atoms with van der Waals surface area (Å²) in [5.41, 5.74) is 0.990. The molecule has 0 saturated carbocycles. The number of rotatable bonds is 5. The summed E-state index contributed by atoms with van der Waals surface area (Å²) in [4.78, 5) is 10.5. The highest BCUT2D eigenvalue weighted by Gasteiger charge is 1.98. The van der Waals surface area contributed by atoms with Crippen LogP contribution in [-0.2, 0) is 6.54 Å². The molecular weight excluding hydrogens is 176 g/mol. The molecule has 0 atom stereocenters. The molecule has 78 valence electrons. The zero-order valence-corrected chi connectivity index (χ0v) is 9.12. The lowest BCUT2D eigenvalue weighted by Crippen LogP contribution is -2.16. The first-order valence-corrected chi connectivity index (χ1v) is 4.93. The molecule has 0 fully saturated rings. The van der Waals surface area contributed by atoms with Crippen LogP contribution in [0.5, 0.6) is 0 Å². The molecule has 0 aromatic carbocycles. The van der Waals surface area contributed by atoms with Crippen LogP contribution in [0, 0.1) is 0 Å². The zero-order chi connectivity index (χ0) is 10.4. The summed E-state index contributed by atoms with van der Waals surface area (Å²) >= 11 is 0. The van der Waals surface area contributed by atoms with Gasteiger partial charge in [-0.3, -0.25) is 4.98 Å². The minimum absolute atomic E-state index is 0.800. The van der Waals surface area contributed by atoms with E-state index in [0.717, 1.165) is 31.0 Å². The molecule has 4 nitrogen and oxygen atoms in total. The molecule has 1 aromatic heterocycles. The molecule has 0 spiro atoms. The fourth-order valence-corrected chi connectivity index (χ4v) is 1.06. The molecule has 0 aliphatic carbocycles. The van der Waals surface area contributed by atoms with Gasteiger partial charge in [-0.05, 0) is 13.0 Å². The van der Waals surface area contributed by atoms with E-state index in [2.05, 4.69) is 22.2 Å². The molecule has 1 N–H and O–H groups in total. The number of anilines is 1. The fourth-order valence-electron chi connectivity index (χ4n) is 1.06. The lowest BCUT2D eigenvalue weighted by Gasteiger charge is -2.10. The van der Waals surface area contributed by atoms with Gasteiger partial charge < -0.3 is 10.2 Å². The van der Waals surface area contributed by atoms with Crippen molar-refractivity contribution in [1.29, 1.82) is 0 Å². The first kappa shape index (κ1) is 10.9. The smallest absolute Gasteiger partial charge is 0.146 e. The maximum absolute atomic E-state index is 4.31. The lowest BCUT2D eigenvalue weighted by molar-refractivity contribution is 0.662. The SMILES string of the molecule is CCCNCc1cnc(N(C)C)cn1. The van der Waals surface area contributed by atoms with Crippen molar-refractivity contribution in [1.82, 2.24) is 15.3 Å². The Morgan fingerprint density at radius 3 is 2.57 bits per heavy atom. The van der Waals surface area contributed by atoms with Gasteiger partial charge in [0, 0.05) is 20.6 Å². The third-order valence-corrected chi connectivity index (χ3v) is 1.88. The summed E-state index contributed by atoms with van der Waals surface area (Å²) in [6.07, 6.45) is 4.75. The van der Waals surface area contributed by atoms with Gasteiger partial charge in [0.1, 0.15) is 5.82 Å². The van der Waals surface area contributed by atoms with Gasteiger partial charge in [0.15, 0.2) is 0 Å². The molecule has 0 aliphatic rings.